The van der Waals surface area contributed by atoms with E-state index < -0.39 is 0 Å². The minimum absolute atomic E-state index is 0.0183. The van der Waals surface area contributed by atoms with E-state index in [1.54, 1.807) is 4.90 Å². The maximum atomic E-state index is 12.7. The first-order valence-electron chi connectivity index (χ1n) is 9.22. The molecule has 1 aliphatic heterocycles. The molecule has 1 aromatic rings. The number of hydrogen-bond donors (Lipinski definition) is 1. The lowest BCUT2D eigenvalue weighted by Gasteiger charge is -2.34. The van der Waals surface area contributed by atoms with Gasteiger partial charge in [-0.05, 0) is 49.8 Å². The van der Waals surface area contributed by atoms with E-state index in [0.29, 0.717) is 6.54 Å². The number of rotatable bonds is 5. The molecule has 2 amide bonds. The molecule has 1 aliphatic rings. The fourth-order valence-corrected chi connectivity index (χ4v) is 3.85. The molecular formula is C21H32N2O2. The molecule has 2 rings (SSSR count). The summed E-state index contributed by atoms with van der Waals surface area (Å²) in [4.78, 5) is 26.8. The molecule has 0 bridgehead atoms. The zero-order valence-electron chi connectivity index (χ0n) is 16.5. The van der Waals surface area contributed by atoms with Gasteiger partial charge in [0.05, 0.1) is 5.92 Å². The highest BCUT2D eigenvalue weighted by Gasteiger charge is 2.37. The molecule has 1 aromatic carbocycles. The van der Waals surface area contributed by atoms with Crippen molar-refractivity contribution in [1.29, 1.82) is 0 Å². The average molecular weight is 344 g/mol. The summed E-state index contributed by atoms with van der Waals surface area (Å²) in [5.74, 6) is -0.272. The lowest BCUT2D eigenvalue weighted by Crippen LogP contribution is -2.48. The van der Waals surface area contributed by atoms with E-state index in [2.05, 4.69) is 33.0 Å². The van der Waals surface area contributed by atoms with Gasteiger partial charge in [0.25, 0.3) is 0 Å². The van der Waals surface area contributed by atoms with E-state index in [9.17, 15) is 9.59 Å². The third-order valence-corrected chi connectivity index (χ3v) is 4.59. The predicted molar refractivity (Wildman–Crippen MR) is 103 cm³/mol. The standard InChI is InChI=1S/C21H32N2O2/c1-7-15-8-10-17(11-9-15)23-13-16(12-18(23)24)19(25)22-21(5,6)14-20(2,3)4/h8-11,16H,7,12-14H2,1-6H3,(H,22,25)/t16-/m0/s1. The molecule has 0 saturated carbocycles. The Labute approximate surface area is 152 Å². The third-order valence-electron chi connectivity index (χ3n) is 4.59. The van der Waals surface area contributed by atoms with Gasteiger partial charge >= 0.3 is 0 Å². The van der Waals surface area contributed by atoms with Crippen LogP contribution >= 0.6 is 0 Å². The fraction of sp³-hybridized carbons (Fsp3) is 0.619. The van der Waals surface area contributed by atoms with Crippen molar-refractivity contribution in [3.63, 3.8) is 0 Å². The second-order valence-corrected chi connectivity index (χ2v) is 9.04. The van der Waals surface area contributed by atoms with Crippen LogP contribution < -0.4 is 10.2 Å². The molecule has 0 radical (unpaired) electrons. The van der Waals surface area contributed by atoms with Gasteiger partial charge in [0.15, 0.2) is 0 Å². The van der Waals surface area contributed by atoms with Crippen LogP contribution in [0.2, 0.25) is 0 Å². The zero-order chi connectivity index (χ0) is 18.8. The normalized spacial score (nSPS) is 18.6. The van der Waals surface area contributed by atoms with Gasteiger partial charge in [0.2, 0.25) is 11.8 Å². The van der Waals surface area contributed by atoms with Gasteiger partial charge in [0.1, 0.15) is 0 Å². The Hall–Kier alpha value is -1.84. The van der Waals surface area contributed by atoms with E-state index in [4.69, 9.17) is 0 Å². The Balaban J connectivity index is 2.02. The van der Waals surface area contributed by atoms with E-state index in [-0.39, 0.29) is 35.1 Å². The number of carbonyl (C=O) groups excluding carboxylic acids is 2. The van der Waals surface area contributed by atoms with Crippen LogP contribution in [-0.4, -0.2) is 23.9 Å². The first-order valence-corrected chi connectivity index (χ1v) is 9.22. The number of nitrogens with one attached hydrogen (secondary N) is 1. The van der Waals surface area contributed by atoms with Crippen LogP contribution in [0.4, 0.5) is 5.69 Å². The van der Waals surface area contributed by atoms with Gasteiger partial charge in [0, 0.05) is 24.2 Å². The van der Waals surface area contributed by atoms with Crippen molar-refractivity contribution in [2.75, 3.05) is 11.4 Å². The van der Waals surface area contributed by atoms with Crippen molar-refractivity contribution in [2.45, 2.75) is 66.3 Å². The molecule has 1 heterocycles. The minimum atomic E-state index is -0.283. The number of aryl methyl sites for hydroxylation is 1. The van der Waals surface area contributed by atoms with E-state index in [1.807, 2.05) is 38.1 Å². The highest BCUT2D eigenvalue weighted by atomic mass is 16.2. The van der Waals surface area contributed by atoms with Crippen molar-refractivity contribution in [2.24, 2.45) is 11.3 Å². The van der Waals surface area contributed by atoms with Gasteiger partial charge in [-0.25, -0.2) is 0 Å². The van der Waals surface area contributed by atoms with E-state index in [1.165, 1.54) is 5.56 Å². The summed E-state index contributed by atoms with van der Waals surface area (Å²) in [5, 5.41) is 3.15. The maximum Gasteiger partial charge on any atom is 0.227 e. The maximum absolute atomic E-state index is 12.7. The molecule has 4 nitrogen and oxygen atoms in total. The van der Waals surface area contributed by atoms with Crippen molar-refractivity contribution in [1.82, 2.24) is 5.32 Å². The monoisotopic (exact) mass is 344 g/mol. The molecule has 0 aliphatic carbocycles. The lowest BCUT2D eigenvalue weighted by molar-refractivity contribution is -0.128. The van der Waals surface area contributed by atoms with Gasteiger partial charge in [-0.1, -0.05) is 39.8 Å². The topological polar surface area (TPSA) is 49.4 Å². The molecule has 1 saturated heterocycles. The van der Waals surface area contributed by atoms with Gasteiger partial charge < -0.3 is 10.2 Å². The van der Waals surface area contributed by atoms with Crippen molar-refractivity contribution in [3.05, 3.63) is 29.8 Å². The first-order chi connectivity index (χ1) is 11.5. The Morgan fingerprint density at radius 2 is 1.76 bits per heavy atom. The van der Waals surface area contributed by atoms with Crippen LogP contribution in [0.15, 0.2) is 24.3 Å². The summed E-state index contributed by atoms with van der Waals surface area (Å²) in [7, 11) is 0. The molecule has 0 unspecified atom stereocenters. The minimum Gasteiger partial charge on any atom is -0.351 e. The van der Waals surface area contributed by atoms with Gasteiger partial charge in [-0.2, -0.15) is 0 Å². The summed E-state index contributed by atoms with van der Waals surface area (Å²) in [6.07, 6.45) is 2.14. The van der Waals surface area contributed by atoms with Crippen LogP contribution in [0.3, 0.4) is 0 Å². The molecule has 1 atom stereocenters. The van der Waals surface area contributed by atoms with Crippen LogP contribution in [-0.2, 0) is 16.0 Å². The molecule has 0 aromatic heterocycles. The summed E-state index contributed by atoms with van der Waals surface area (Å²) in [6.45, 7) is 13.2. The predicted octanol–water partition coefficient (Wildman–Crippen LogP) is 3.93. The molecule has 138 valence electrons. The largest absolute Gasteiger partial charge is 0.351 e. The summed E-state index contributed by atoms with van der Waals surface area (Å²) in [5.41, 5.74) is 1.98. The summed E-state index contributed by atoms with van der Waals surface area (Å²) < 4.78 is 0. The summed E-state index contributed by atoms with van der Waals surface area (Å²) in [6, 6.07) is 8.03. The average Bonchev–Trinajstić information content (AvgIpc) is 2.86. The Bertz CT molecular complexity index is 626. The van der Waals surface area contributed by atoms with Crippen LogP contribution in [0.1, 0.15) is 59.9 Å². The zero-order valence-corrected chi connectivity index (χ0v) is 16.5. The summed E-state index contributed by atoms with van der Waals surface area (Å²) >= 11 is 0. The molecule has 1 N–H and O–H groups in total. The Morgan fingerprint density at radius 1 is 1.16 bits per heavy atom. The number of nitrogens with zero attached hydrogens (tertiary/aromatic N) is 1. The number of amides is 2. The van der Waals surface area contributed by atoms with Crippen LogP contribution in [0.25, 0.3) is 0 Å². The number of benzene rings is 1. The molecule has 25 heavy (non-hydrogen) atoms. The van der Waals surface area contributed by atoms with Crippen molar-refractivity contribution >= 4 is 17.5 Å². The van der Waals surface area contributed by atoms with E-state index >= 15 is 0 Å². The highest BCUT2D eigenvalue weighted by molar-refractivity contribution is 6.00. The first kappa shape index (κ1) is 19.5. The third kappa shape index (κ3) is 5.32. The molecular weight excluding hydrogens is 312 g/mol. The number of anilines is 1. The smallest absolute Gasteiger partial charge is 0.227 e. The lowest BCUT2D eigenvalue weighted by atomic mass is 9.81. The van der Waals surface area contributed by atoms with Gasteiger partial charge in [-0.3, -0.25) is 9.59 Å². The van der Waals surface area contributed by atoms with E-state index in [0.717, 1.165) is 18.5 Å². The molecule has 0 spiro atoms. The number of carbonyl (C=O) groups is 2. The molecule has 1 fully saturated rings. The van der Waals surface area contributed by atoms with Crippen LogP contribution in [0.5, 0.6) is 0 Å². The Morgan fingerprint density at radius 3 is 2.28 bits per heavy atom. The second-order valence-electron chi connectivity index (χ2n) is 9.04. The highest BCUT2D eigenvalue weighted by Crippen LogP contribution is 2.29. The van der Waals surface area contributed by atoms with Crippen LogP contribution in [0, 0.1) is 11.3 Å². The van der Waals surface area contributed by atoms with Crippen molar-refractivity contribution < 1.29 is 9.59 Å². The Kier molecular flexibility index (Phi) is 5.60. The molecule has 4 heteroatoms. The fourth-order valence-electron chi connectivity index (χ4n) is 3.85. The second kappa shape index (κ2) is 7.19. The van der Waals surface area contributed by atoms with Crippen molar-refractivity contribution in [3.8, 4) is 0 Å². The van der Waals surface area contributed by atoms with Gasteiger partial charge in [-0.15, -0.1) is 0 Å². The number of hydrogen-bond acceptors (Lipinski definition) is 2. The quantitative estimate of drug-likeness (QED) is 0.880. The SMILES string of the molecule is CCc1ccc(N2C[C@@H](C(=O)NC(C)(C)CC(C)(C)C)CC2=O)cc1.